The summed E-state index contributed by atoms with van der Waals surface area (Å²) < 4.78 is 6.58. The van der Waals surface area contributed by atoms with E-state index >= 15 is 0 Å². The fraction of sp³-hybridized carbons (Fsp3) is 0.167. The number of rotatable bonds is 6. The Labute approximate surface area is 176 Å². The van der Waals surface area contributed by atoms with E-state index in [4.69, 9.17) is 33.8 Å². The number of methoxy groups -OCH3 is 1. The maximum absolute atomic E-state index is 12.3. The second-order valence-corrected chi connectivity index (χ2v) is 7.60. The zero-order valence-corrected chi connectivity index (χ0v) is 17.4. The number of nitrogens with zero attached hydrogens (tertiary/aromatic N) is 3. The number of carbonyl (C=O) groups excluding carboxylic acids is 1. The molecule has 0 aliphatic heterocycles. The molecule has 2 aromatic carbocycles. The van der Waals surface area contributed by atoms with Crippen LogP contribution in [-0.2, 0) is 4.79 Å². The average Bonchev–Trinajstić information content (AvgIpc) is 3.03. The Hall–Kier alpha value is -2.42. The van der Waals surface area contributed by atoms with Gasteiger partial charge < -0.3 is 15.9 Å². The van der Waals surface area contributed by atoms with E-state index in [1.54, 1.807) is 31.4 Å². The molecule has 0 saturated carbocycles. The molecule has 0 aliphatic rings. The molecule has 0 radical (unpaired) electrons. The minimum Gasteiger partial charge on any atom is -0.495 e. The number of nitrogen functional groups attached to an aromatic ring is 1. The number of anilines is 1. The van der Waals surface area contributed by atoms with Gasteiger partial charge >= 0.3 is 0 Å². The molecule has 0 bridgehead atoms. The molecular weight excluding hydrogens is 421 g/mol. The van der Waals surface area contributed by atoms with E-state index in [-0.39, 0.29) is 11.7 Å². The molecule has 28 heavy (non-hydrogen) atoms. The first-order valence-corrected chi connectivity index (χ1v) is 9.86. The van der Waals surface area contributed by atoms with Crippen LogP contribution in [0.1, 0.15) is 5.56 Å². The van der Waals surface area contributed by atoms with Gasteiger partial charge in [-0.2, -0.15) is 0 Å². The predicted molar refractivity (Wildman–Crippen MR) is 113 cm³/mol. The number of amides is 1. The van der Waals surface area contributed by atoms with Gasteiger partial charge in [-0.3, -0.25) is 4.79 Å². The fourth-order valence-corrected chi connectivity index (χ4v) is 3.40. The standard InChI is InChI=1S/C18H17Cl2N5O2S/c1-10-3-6-15(27-2)14(7-10)22-16(26)9-28-18-24-23-17(25(18)21)11-4-5-12(19)13(20)8-11/h3-8H,9,21H2,1-2H3,(H,22,26). The van der Waals surface area contributed by atoms with E-state index in [9.17, 15) is 4.79 Å². The molecule has 0 fully saturated rings. The van der Waals surface area contributed by atoms with Crippen molar-refractivity contribution in [2.75, 3.05) is 24.0 Å². The lowest BCUT2D eigenvalue weighted by atomic mass is 10.2. The minimum atomic E-state index is -0.215. The summed E-state index contributed by atoms with van der Waals surface area (Å²) in [6.07, 6.45) is 0. The number of hydrogen-bond donors (Lipinski definition) is 2. The van der Waals surface area contributed by atoms with Crippen molar-refractivity contribution in [1.82, 2.24) is 14.9 Å². The molecule has 3 aromatic rings. The molecular formula is C18H17Cl2N5O2S. The molecule has 0 aliphatic carbocycles. The number of carbonyl (C=O) groups is 1. The number of ether oxygens (including phenoxy) is 1. The van der Waals surface area contributed by atoms with Crippen LogP contribution in [0.5, 0.6) is 5.75 Å². The smallest absolute Gasteiger partial charge is 0.234 e. The summed E-state index contributed by atoms with van der Waals surface area (Å²) >= 11 is 13.1. The molecule has 3 N–H and O–H groups in total. The van der Waals surface area contributed by atoms with Crippen LogP contribution in [0.3, 0.4) is 0 Å². The first kappa shape index (κ1) is 20.3. The maximum atomic E-state index is 12.3. The van der Waals surface area contributed by atoms with Gasteiger partial charge in [-0.25, -0.2) is 4.68 Å². The maximum Gasteiger partial charge on any atom is 0.234 e. The third-order valence-electron chi connectivity index (χ3n) is 3.80. The highest BCUT2D eigenvalue weighted by molar-refractivity contribution is 7.99. The normalized spacial score (nSPS) is 10.7. The topological polar surface area (TPSA) is 95.1 Å². The second kappa shape index (κ2) is 8.72. The molecule has 0 atom stereocenters. The Kier molecular flexibility index (Phi) is 6.33. The van der Waals surface area contributed by atoms with Crippen molar-refractivity contribution in [3.05, 3.63) is 52.0 Å². The van der Waals surface area contributed by atoms with Crippen molar-refractivity contribution in [2.45, 2.75) is 12.1 Å². The quantitative estimate of drug-likeness (QED) is 0.446. The Balaban J connectivity index is 1.68. The van der Waals surface area contributed by atoms with Crippen LogP contribution in [0.25, 0.3) is 11.4 Å². The van der Waals surface area contributed by atoms with Crippen LogP contribution < -0.4 is 15.9 Å². The largest absolute Gasteiger partial charge is 0.495 e. The molecule has 146 valence electrons. The zero-order valence-electron chi connectivity index (χ0n) is 15.1. The minimum absolute atomic E-state index is 0.105. The lowest BCUT2D eigenvalue weighted by Crippen LogP contribution is -2.17. The van der Waals surface area contributed by atoms with Gasteiger partial charge in [0.25, 0.3) is 0 Å². The predicted octanol–water partition coefficient (Wildman–Crippen LogP) is 4.01. The van der Waals surface area contributed by atoms with E-state index in [0.29, 0.717) is 38.0 Å². The van der Waals surface area contributed by atoms with Crippen molar-refractivity contribution in [3.63, 3.8) is 0 Å². The Morgan fingerprint density at radius 2 is 2.00 bits per heavy atom. The Morgan fingerprint density at radius 3 is 2.71 bits per heavy atom. The molecule has 10 heteroatoms. The summed E-state index contributed by atoms with van der Waals surface area (Å²) in [6, 6.07) is 10.6. The van der Waals surface area contributed by atoms with Gasteiger partial charge in [0, 0.05) is 5.56 Å². The summed E-state index contributed by atoms with van der Waals surface area (Å²) in [5.74, 6) is 6.97. The molecule has 0 saturated heterocycles. The number of aryl methyl sites for hydroxylation is 1. The van der Waals surface area contributed by atoms with Crippen LogP contribution in [0.15, 0.2) is 41.6 Å². The first-order chi connectivity index (χ1) is 13.4. The van der Waals surface area contributed by atoms with E-state index in [0.717, 1.165) is 5.56 Å². The van der Waals surface area contributed by atoms with Gasteiger partial charge in [0.1, 0.15) is 5.75 Å². The van der Waals surface area contributed by atoms with E-state index < -0.39 is 0 Å². The summed E-state index contributed by atoms with van der Waals surface area (Å²) in [7, 11) is 1.55. The van der Waals surface area contributed by atoms with E-state index in [1.165, 1.54) is 16.4 Å². The number of thioether (sulfide) groups is 1. The lowest BCUT2D eigenvalue weighted by Gasteiger charge is -2.10. The van der Waals surface area contributed by atoms with Crippen molar-refractivity contribution in [3.8, 4) is 17.1 Å². The third kappa shape index (κ3) is 4.52. The lowest BCUT2D eigenvalue weighted by molar-refractivity contribution is -0.113. The van der Waals surface area contributed by atoms with Crippen LogP contribution in [0, 0.1) is 6.92 Å². The number of nitrogens with two attached hydrogens (primary N) is 1. The highest BCUT2D eigenvalue weighted by Gasteiger charge is 2.15. The highest BCUT2D eigenvalue weighted by atomic mass is 35.5. The summed E-state index contributed by atoms with van der Waals surface area (Å²) in [5, 5.41) is 12.2. The summed E-state index contributed by atoms with van der Waals surface area (Å²) in [4.78, 5) is 12.3. The number of aromatic nitrogens is 3. The molecule has 1 amide bonds. The number of nitrogens with one attached hydrogen (secondary N) is 1. The Morgan fingerprint density at radius 1 is 1.21 bits per heavy atom. The summed E-state index contributed by atoms with van der Waals surface area (Å²) in [5.41, 5.74) is 2.29. The van der Waals surface area contributed by atoms with E-state index in [2.05, 4.69) is 15.5 Å². The van der Waals surface area contributed by atoms with Crippen molar-refractivity contribution in [1.29, 1.82) is 0 Å². The fourth-order valence-electron chi connectivity index (χ4n) is 2.44. The van der Waals surface area contributed by atoms with Crippen molar-refractivity contribution >= 4 is 46.6 Å². The van der Waals surface area contributed by atoms with Gasteiger partial charge in [0.05, 0.1) is 28.6 Å². The average molecular weight is 438 g/mol. The van der Waals surface area contributed by atoms with Crippen LogP contribution in [-0.4, -0.2) is 33.6 Å². The molecule has 3 rings (SSSR count). The van der Waals surface area contributed by atoms with Gasteiger partial charge in [-0.1, -0.05) is 41.0 Å². The van der Waals surface area contributed by atoms with E-state index in [1.807, 2.05) is 19.1 Å². The van der Waals surface area contributed by atoms with Gasteiger partial charge in [0.2, 0.25) is 11.1 Å². The molecule has 0 unspecified atom stereocenters. The first-order valence-electron chi connectivity index (χ1n) is 8.12. The monoisotopic (exact) mass is 437 g/mol. The molecule has 0 spiro atoms. The van der Waals surface area contributed by atoms with Crippen molar-refractivity contribution in [2.24, 2.45) is 0 Å². The third-order valence-corrected chi connectivity index (χ3v) is 5.49. The van der Waals surface area contributed by atoms with Crippen LogP contribution in [0.4, 0.5) is 5.69 Å². The molecule has 7 nitrogen and oxygen atoms in total. The molecule has 1 heterocycles. The van der Waals surface area contributed by atoms with Crippen LogP contribution >= 0.6 is 35.0 Å². The number of hydrogen-bond acceptors (Lipinski definition) is 6. The number of halogens is 2. The van der Waals surface area contributed by atoms with Gasteiger partial charge in [0.15, 0.2) is 5.82 Å². The highest BCUT2D eigenvalue weighted by Crippen LogP contribution is 2.29. The van der Waals surface area contributed by atoms with Gasteiger partial charge in [-0.05, 0) is 42.8 Å². The van der Waals surface area contributed by atoms with Crippen molar-refractivity contribution < 1.29 is 9.53 Å². The SMILES string of the molecule is COc1ccc(C)cc1NC(=O)CSc1nnc(-c2ccc(Cl)c(Cl)c2)n1N. The number of benzene rings is 2. The zero-order chi connectivity index (χ0) is 20.3. The van der Waals surface area contributed by atoms with Gasteiger partial charge in [-0.15, -0.1) is 10.2 Å². The molecule has 1 aromatic heterocycles. The Bertz CT molecular complexity index is 1030. The second-order valence-electron chi connectivity index (χ2n) is 5.85. The van der Waals surface area contributed by atoms with Crippen LogP contribution in [0.2, 0.25) is 10.0 Å². The summed E-state index contributed by atoms with van der Waals surface area (Å²) in [6.45, 7) is 1.94.